The van der Waals surface area contributed by atoms with E-state index in [1.165, 1.54) is 28.8 Å². The molecule has 1 N–H and O–H groups in total. The van der Waals surface area contributed by atoms with E-state index >= 15 is 0 Å². The summed E-state index contributed by atoms with van der Waals surface area (Å²) < 4.78 is 40.3. The maximum Gasteiger partial charge on any atom is 0.343 e. The molecule has 0 bridgehead atoms. The highest BCUT2D eigenvalue weighted by Gasteiger charge is 2.31. The lowest BCUT2D eigenvalue weighted by atomic mass is 9.83. The maximum atomic E-state index is 14.8. The van der Waals surface area contributed by atoms with Gasteiger partial charge in [-0.2, -0.15) is 0 Å². The predicted octanol–water partition coefficient (Wildman–Crippen LogP) is 6.34. The van der Waals surface area contributed by atoms with E-state index in [1.54, 1.807) is 0 Å². The average molecular weight is 490 g/mol. The maximum absolute atomic E-state index is 14.8. The summed E-state index contributed by atoms with van der Waals surface area (Å²) in [6, 6.07) is 16.6. The molecule has 6 heteroatoms. The molecule has 1 aliphatic heterocycles. The summed E-state index contributed by atoms with van der Waals surface area (Å²) >= 11 is 0. The summed E-state index contributed by atoms with van der Waals surface area (Å²) in [5.74, 6) is -2.46. The number of para-hydroxylation sites is 1. The van der Waals surface area contributed by atoms with Gasteiger partial charge in [0.15, 0.2) is 0 Å². The molecule has 0 radical (unpaired) electrons. The highest BCUT2D eigenvalue weighted by molar-refractivity contribution is 5.90. The minimum Gasteiger partial charge on any atom is -0.489 e. The van der Waals surface area contributed by atoms with E-state index in [9.17, 15) is 13.6 Å². The van der Waals surface area contributed by atoms with Crippen LogP contribution >= 0.6 is 0 Å². The second-order valence-electron chi connectivity index (χ2n) is 9.41. The number of fused-ring (bicyclic) bond motifs is 2. The number of hydrogen-bond donors (Lipinski definition) is 1. The average Bonchev–Trinajstić information content (AvgIpc) is 2.90. The zero-order chi connectivity index (χ0) is 25.2. The summed E-state index contributed by atoms with van der Waals surface area (Å²) in [6.45, 7) is 2.72. The van der Waals surface area contributed by atoms with Crippen molar-refractivity contribution >= 4 is 12.0 Å². The fourth-order valence-electron chi connectivity index (χ4n) is 5.31. The van der Waals surface area contributed by atoms with E-state index in [4.69, 9.17) is 4.74 Å². The van der Waals surface area contributed by atoms with E-state index in [0.29, 0.717) is 24.3 Å². The van der Waals surface area contributed by atoms with E-state index in [-0.39, 0.29) is 18.1 Å². The van der Waals surface area contributed by atoms with Gasteiger partial charge < -0.3 is 14.8 Å². The number of hydrogen-bond acceptors (Lipinski definition) is 4. The summed E-state index contributed by atoms with van der Waals surface area (Å²) in [4.78, 5) is 11.8. The number of carbonyl (C=O) groups excluding carboxylic acids is 1. The van der Waals surface area contributed by atoms with Crippen LogP contribution in [0, 0.1) is 11.6 Å². The zero-order valence-electron chi connectivity index (χ0n) is 20.4. The Hall–Kier alpha value is -3.51. The Morgan fingerprint density at radius 1 is 1.14 bits per heavy atom. The number of esters is 1. The fraction of sp³-hybridized carbons (Fsp3) is 0.300. The zero-order valence-corrected chi connectivity index (χ0v) is 20.4. The van der Waals surface area contributed by atoms with Crippen molar-refractivity contribution in [1.29, 1.82) is 0 Å². The SMILES string of the molecule is COC(=O)c1c(F)cc([C@@H]2C[C@H](CN[C@H](C)c3cccc4c3C=CCC4)Oc3ccccc32)cc1F. The van der Waals surface area contributed by atoms with Gasteiger partial charge in [-0.1, -0.05) is 48.6 Å². The van der Waals surface area contributed by atoms with Gasteiger partial charge in [-0.05, 0) is 66.6 Å². The number of halogens is 2. The molecule has 1 aliphatic carbocycles. The molecule has 3 aromatic carbocycles. The van der Waals surface area contributed by atoms with E-state index in [0.717, 1.165) is 25.5 Å². The lowest BCUT2D eigenvalue weighted by Gasteiger charge is -2.33. The van der Waals surface area contributed by atoms with Crippen molar-refractivity contribution in [3.63, 3.8) is 0 Å². The second-order valence-corrected chi connectivity index (χ2v) is 9.41. The molecule has 0 aromatic heterocycles. The molecule has 0 saturated carbocycles. The molecule has 0 unspecified atom stereocenters. The standard InChI is InChI=1S/C30H29F2NO3/c1-18(22-12-7-9-19-8-3-4-10-23(19)22)33-17-21-16-25(24-11-5-6-13-28(24)36-21)20-14-26(31)29(27(32)15-20)30(34)35-2/h4-7,9-15,18,21,25,33H,3,8,16-17H2,1-2H3/t18-,21-,25+/m1/s1. The third-order valence-corrected chi connectivity index (χ3v) is 7.16. The molecular formula is C30H29F2NO3. The number of carbonyl (C=O) groups is 1. The minimum absolute atomic E-state index is 0.108. The summed E-state index contributed by atoms with van der Waals surface area (Å²) in [5, 5.41) is 3.61. The summed E-state index contributed by atoms with van der Waals surface area (Å²) in [6.07, 6.45) is 6.88. The van der Waals surface area contributed by atoms with Gasteiger partial charge in [0.1, 0.15) is 29.1 Å². The van der Waals surface area contributed by atoms with Crippen LogP contribution in [-0.2, 0) is 11.2 Å². The number of methoxy groups -OCH3 is 1. The van der Waals surface area contributed by atoms with E-state index in [1.807, 2.05) is 24.3 Å². The number of allylic oxidation sites excluding steroid dienone is 1. The van der Waals surface area contributed by atoms with Gasteiger partial charge in [-0.25, -0.2) is 13.6 Å². The van der Waals surface area contributed by atoms with Crippen LogP contribution in [0.5, 0.6) is 5.75 Å². The van der Waals surface area contributed by atoms with E-state index in [2.05, 4.69) is 47.3 Å². The number of benzene rings is 3. The molecule has 0 fully saturated rings. The van der Waals surface area contributed by atoms with Crippen LogP contribution in [0.1, 0.15) is 69.9 Å². The van der Waals surface area contributed by atoms with E-state index < -0.39 is 23.2 Å². The molecule has 2 aliphatic rings. The first-order valence-corrected chi connectivity index (χ1v) is 12.3. The van der Waals surface area contributed by atoms with Gasteiger partial charge in [0.05, 0.1) is 7.11 Å². The Morgan fingerprint density at radius 3 is 2.69 bits per heavy atom. The van der Waals surface area contributed by atoms with Crippen molar-refractivity contribution in [2.75, 3.05) is 13.7 Å². The second kappa shape index (κ2) is 10.2. The van der Waals surface area contributed by atoms with Crippen LogP contribution in [0.15, 0.2) is 60.7 Å². The summed E-state index contributed by atoms with van der Waals surface area (Å²) in [5.41, 5.74) is 4.56. The highest BCUT2D eigenvalue weighted by atomic mass is 19.1. The van der Waals surface area contributed by atoms with Gasteiger partial charge in [0.25, 0.3) is 0 Å². The van der Waals surface area contributed by atoms with Crippen LogP contribution in [0.25, 0.3) is 6.08 Å². The van der Waals surface area contributed by atoms with Gasteiger partial charge in [0, 0.05) is 24.1 Å². The summed E-state index contributed by atoms with van der Waals surface area (Å²) in [7, 11) is 1.10. The number of aryl methyl sites for hydroxylation is 1. The Labute approximate surface area is 209 Å². The Bertz CT molecular complexity index is 1300. The molecule has 1 heterocycles. The number of ether oxygens (including phenoxy) is 2. The van der Waals surface area contributed by atoms with Crippen LogP contribution < -0.4 is 10.1 Å². The van der Waals surface area contributed by atoms with Crippen LogP contribution in [-0.4, -0.2) is 25.7 Å². The molecule has 0 saturated heterocycles. The van der Waals surface area contributed by atoms with Gasteiger partial charge in [0.2, 0.25) is 0 Å². The van der Waals surface area contributed by atoms with Crippen LogP contribution in [0.4, 0.5) is 8.78 Å². The molecule has 36 heavy (non-hydrogen) atoms. The van der Waals surface area contributed by atoms with Crippen molar-refractivity contribution in [3.8, 4) is 5.75 Å². The van der Waals surface area contributed by atoms with Gasteiger partial charge >= 0.3 is 5.97 Å². The van der Waals surface area contributed by atoms with Crippen molar-refractivity contribution in [3.05, 3.63) is 106 Å². The number of nitrogens with one attached hydrogen (secondary N) is 1. The lowest BCUT2D eigenvalue weighted by Crippen LogP contribution is -2.37. The molecule has 3 aromatic rings. The molecule has 4 nitrogen and oxygen atoms in total. The molecular weight excluding hydrogens is 460 g/mol. The Morgan fingerprint density at radius 2 is 1.92 bits per heavy atom. The first-order valence-electron chi connectivity index (χ1n) is 12.3. The first-order chi connectivity index (χ1) is 17.5. The normalized spacial score (nSPS) is 19.1. The van der Waals surface area contributed by atoms with Crippen LogP contribution in [0.3, 0.4) is 0 Å². The third-order valence-electron chi connectivity index (χ3n) is 7.16. The molecule has 5 rings (SSSR count). The first kappa shape index (κ1) is 24.2. The van der Waals surface area contributed by atoms with Gasteiger partial charge in [-0.15, -0.1) is 0 Å². The van der Waals surface area contributed by atoms with Crippen molar-refractivity contribution in [2.45, 2.75) is 44.2 Å². The fourth-order valence-corrected chi connectivity index (χ4v) is 5.31. The van der Waals surface area contributed by atoms with Crippen molar-refractivity contribution in [1.82, 2.24) is 5.32 Å². The number of rotatable bonds is 6. The molecule has 186 valence electrons. The topological polar surface area (TPSA) is 47.6 Å². The minimum atomic E-state index is -1.03. The Balaban J connectivity index is 1.38. The van der Waals surface area contributed by atoms with Crippen molar-refractivity contribution in [2.24, 2.45) is 0 Å². The monoisotopic (exact) mass is 489 g/mol. The highest BCUT2D eigenvalue weighted by Crippen LogP contribution is 2.41. The Kier molecular flexibility index (Phi) is 6.88. The third kappa shape index (κ3) is 4.65. The van der Waals surface area contributed by atoms with Gasteiger partial charge in [-0.3, -0.25) is 0 Å². The predicted molar refractivity (Wildman–Crippen MR) is 135 cm³/mol. The molecule has 0 amide bonds. The molecule has 0 spiro atoms. The lowest BCUT2D eigenvalue weighted by molar-refractivity contribution is 0.0589. The molecule has 3 atom stereocenters. The smallest absolute Gasteiger partial charge is 0.343 e. The van der Waals surface area contributed by atoms with Crippen molar-refractivity contribution < 1.29 is 23.0 Å². The van der Waals surface area contributed by atoms with Crippen LogP contribution in [0.2, 0.25) is 0 Å². The quantitative estimate of drug-likeness (QED) is 0.410. The largest absolute Gasteiger partial charge is 0.489 e.